The van der Waals surface area contributed by atoms with Gasteiger partial charge in [0.25, 0.3) is 0 Å². The molecule has 0 aliphatic heterocycles. The Labute approximate surface area is 80.9 Å². The molecule has 14 heavy (non-hydrogen) atoms. The second-order valence-corrected chi connectivity index (χ2v) is 2.82. The van der Waals surface area contributed by atoms with E-state index in [9.17, 15) is 0 Å². The van der Waals surface area contributed by atoms with E-state index in [-0.39, 0.29) is 0 Å². The van der Waals surface area contributed by atoms with Crippen LogP contribution in [0.4, 0.5) is 5.95 Å². The normalized spacial score (nSPS) is 10.1. The summed E-state index contributed by atoms with van der Waals surface area (Å²) in [6.07, 6.45) is 1.62. The zero-order valence-electron chi connectivity index (χ0n) is 7.69. The van der Waals surface area contributed by atoms with Crippen LogP contribution in [0.3, 0.4) is 0 Å². The minimum Gasteiger partial charge on any atom is -0.460 e. The molecule has 0 radical (unpaired) electrons. The minimum absolute atomic E-state index is 0.372. The first-order chi connectivity index (χ1) is 6.79. The number of hydrogen-bond acceptors (Lipinski definition) is 5. The number of anilines is 1. The zero-order chi connectivity index (χ0) is 9.97. The standard InChI is InChI=1S/C9H10N4O/c1-6-2-3-8(14-6)7-4-5-11-9(12-7)13-10/h2-5H,10H2,1H3,(H,11,12,13). The molecule has 5 heteroatoms. The number of nitrogens with two attached hydrogens (primary N) is 1. The van der Waals surface area contributed by atoms with Gasteiger partial charge in [-0.3, -0.25) is 5.43 Å². The van der Waals surface area contributed by atoms with Crippen molar-refractivity contribution < 1.29 is 4.42 Å². The van der Waals surface area contributed by atoms with Crippen LogP contribution in [-0.4, -0.2) is 9.97 Å². The van der Waals surface area contributed by atoms with Crippen LogP contribution in [0.15, 0.2) is 28.8 Å². The van der Waals surface area contributed by atoms with Crippen molar-refractivity contribution in [3.63, 3.8) is 0 Å². The van der Waals surface area contributed by atoms with E-state index in [4.69, 9.17) is 10.3 Å². The average molecular weight is 190 g/mol. The lowest BCUT2D eigenvalue weighted by Crippen LogP contribution is -2.10. The van der Waals surface area contributed by atoms with Gasteiger partial charge in [0.15, 0.2) is 5.76 Å². The fourth-order valence-corrected chi connectivity index (χ4v) is 1.14. The van der Waals surface area contributed by atoms with Crippen molar-refractivity contribution in [3.8, 4) is 11.5 Å². The van der Waals surface area contributed by atoms with Crippen molar-refractivity contribution in [1.29, 1.82) is 0 Å². The fraction of sp³-hybridized carbons (Fsp3) is 0.111. The first kappa shape index (κ1) is 8.71. The van der Waals surface area contributed by atoms with Gasteiger partial charge in [-0.05, 0) is 25.1 Å². The smallest absolute Gasteiger partial charge is 0.237 e. The molecule has 0 atom stereocenters. The minimum atomic E-state index is 0.372. The summed E-state index contributed by atoms with van der Waals surface area (Å²) in [5.74, 6) is 7.13. The lowest BCUT2D eigenvalue weighted by Gasteiger charge is -1.99. The molecule has 2 aromatic heterocycles. The lowest BCUT2D eigenvalue weighted by atomic mass is 10.3. The van der Waals surface area contributed by atoms with E-state index in [1.54, 1.807) is 12.3 Å². The van der Waals surface area contributed by atoms with Crippen molar-refractivity contribution in [1.82, 2.24) is 9.97 Å². The van der Waals surface area contributed by atoms with Crippen LogP contribution in [0.5, 0.6) is 0 Å². The second kappa shape index (κ2) is 3.47. The van der Waals surface area contributed by atoms with Gasteiger partial charge >= 0.3 is 0 Å². The van der Waals surface area contributed by atoms with Crippen molar-refractivity contribution in [2.45, 2.75) is 6.92 Å². The van der Waals surface area contributed by atoms with Gasteiger partial charge in [0.1, 0.15) is 11.5 Å². The molecule has 2 rings (SSSR count). The third-order valence-corrected chi connectivity index (χ3v) is 1.78. The third-order valence-electron chi connectivity index (χ3n) is 1.78. The number of nitrogens with zero attached hydrogens (tertiary/aromatic N) is 2. The largest absolute Gasteiger partial charge is 0.460 e. The van der Waals surface area contributed by atoms with Crippen LogP contribution in [0.1, 0.15) is 5.76 Å². The molecule has 0 unspecified atom stereocenters. The average Bonchev–Trinajstić information content (AvgIpc) is 2.65. The SMILES string of the molecule is Cc1ccc(-c2ccnc(NN)n2)o1. The van der Waals surface area contributed by atoms with Crippen LogP contribution >= 0.6 is 0 Å². The summed E-state index contributed by atoms with van der Waals surface area (Å²) in [4.78, 5) is 8.04. The van der Waals surface area contributed by atoms with Gasteiger partial charge in [-0.25, -0.2) is 15.8 Å². The first-order valence-electron chi connectivity index (χ1n) is 4.16. The molecule has 0 saturated carbocycles. The molecular formula is C9H10N4O. The Bertz CT molecular complexity index is 438. The highest BCUT2D eigenvalue weighted by molar-refractivity contribution is 5.53. The number of furan rings is 1. The number of rotatable bonds is 2. The molecule has 0 aliphatic carbocycles. The molecule has 2 heterocycles. The van der Waals surface area contributed by atoms with Gasteiger partial charge in [0.05, 0.1) is 0 Å². The molecule has 0 amide bonds. The molecule has 3 N–H and O–H groups in total. The molecule has 0 aromatic carbocycles. The summed E-state index contributed by atoms with van der Waals surface area (Å²) in [6, 6.07) is 5.50. The topological polar surface area (TPSA) is 77.0 Å². The number of nitrogens with one attached hydrogen (secondary N) is 1. The van der Waals surface area contributed by atoms with E-state index in [2.05, 4.69) is 15.4 Å². The zero-order valence-corrected chi connectivity index (χ0v) is 7.69. The highest BCUT2D eigenvalue weighted by atomic mass is 16.3. The monoisotopic (exact) mass is 190 g/mol. The Kier molecular flexibility index (Phi) is 2.16. The van der Waals surface area contributed by atoms with Gasteiger partial charge < -0.3 is 4.42 Å². The predicted octanol–water partition coefficient (Wildman–Crippen LogP) is 1.33. The Morgan fingerprint density at radius 3 is 2.86 bits per heavy atom. The lowest BCUT2D eigenvalue weighted by molar-refractivity contribution is 0.546. The molecule has 0 bridgehead atoms. The van der Waals surface area contributed by atoms with Crippen molar-refractivity contribution >= 4 is 5.95 Å². The van der Waals surface area contributed by atoms with Crippen molar-refractivity contribution in [3.05, 3.63) is 30.2 Å². The number of nitrogen functional groups attached to an aromatic ring is 1. The fourth-order valence-electron chi connectivity index (χ4n) is 1.14. The molecule has 2 aromatic rings. The van der Waals surface area contributed by atoms with E-state index >= 15 is 0 Å². The summed E-state index contributed by atoms with van der Waals surface area (Å²) in [7, 11) is 0. The highest BCUT2D eigenvalue weighted by Gasteiger charge is 2.04. The summed E-state index contributed by atoms with van der Waals surface area (Å²) in [6.45, 7) is 1.88. The van der Waals surface area contributed by atoms with E-state index < -0.39 is 0 Å². The summed E-state index contributed by atoms with van der Waals surface area (Å²) in [5.41, 5.74) is 3.09. The Morgan fingerprint density at radius 1 is 1.36 bits per heavy atom. The van der Waals surface area contributed by atoms with Gasteiger partial charge in [-0.2, -0.15) is 0 Å². The molecule has 0 spiro atoms. The molecule has 5 nitrogen and oxygen atoms in total. The third kappa shape index (κ3) is 1.57. The molecule has 0 aliphatic rings. The molecule has 72 valence electrons. The summed E-state index contributed by atoms with van der Waals surface area (Å²) in [5, 5.41) is 0. The summed E-state index contributed by atoms with van der Waals surface area (Å²) < 4.78 is 5.41. The highest BCUT2D eigenvalue weighted by Crippen LogP contribution is 2.19. The number of aromatic nitrogens is 2. The van der Waals surface area contributed by atoms with E-state index in [0.717, 1.165) is 5.76 Å². The first-order valence-corrected chi connectivity index (χ1v) is 4.16. The van der Waals surface area contributed by atoms with Crippen LogP contribution in [0.2, 0.25) is 0 Å². The molecular weight excluding hydrogens is 180 g/mol. The van der Waals surface area contributed by atoms with E-state index in [1.165, 1.54) is 0 Å². The Balaban J connectivity index is 2.41. The molecule has 0 saturated heterocycles. The predicted molar refractivity (Wildman–Crippen MR) is 52.3 cm³/mol. The van der Waals surface area contributed by atoms with Gasteiger partial charge in [0, 0.05) is 6.20 Å². The second-order valence-electron chi connectivity index (χ2n) is 2.82. The van der Waals surface area contributed by atoms with Crippen LogP contribution in [0.25, 0.3) is 11.5 Å². The van der Waals surface area contributed by atoms with Gasteiger partial charge in [-0.15, -0.1) is 0 Å². The maximum atomic E-state index is 5.41. The van der Waals surface area contributed by atoms with Crippen molar-refractivity contribution in [2.24, 2.45) is 5.84 Å². The van der Waals surface area contributed by atoms with E-state index in [0.29, 0.717) is 17.4 Å². The Hall–Kier alpha value is -1.88. The summed E-state index contributed by atoms with van der Waals surface area (Å²) >= 11 is 0. The maximum absolute atomic E-state index is 5.41. The number of hydrazine groups is 1. The van der Waals surface area contributed by atoms with Crippen LogP contribution in [-0.2, 0) is 0 Å². The van der Waals surface area contributed by atoms with Gasteiger partial charge in [-0.1, -0.05) is 0 Å². The van der Waals surface area contributed by atoms with Crippen molar-refractivity contribution in [2.75, 3.05) is 5.43 Å². The maximum Gasteiger partial charge on any atom is 0.237 e. The Morgan fingerprint density at radius 2 is 2.21 bits per heavy atom. The van der Waals surface area contributed by atoms with Crippen LogP contribution < -0.4 is 11.3 Å². The van der Waals surface area contributed by atoms with E-state index in [1.807, 2.05) is 19.1 Å². The quantitative estimate of drug-likeness (QED) is 0.551. The van der Waals surface area contributed by atoms with Crippen LogP contribution in [0, 0.1) is 6.92 Å². The number of aryl methyl sites for hydroxylation is 1. The van der Waals surface area contributed by atoms with Gasteiger partial charge in [0.2, 0.25) is 5.95 Å². The number of hydrogen-bond donors (Lipinski definition) is 2. The molecule has 0 fully saturated rings.